The van der Waals surface area contributed by atoms with Gasteiger partial charge < -0.3 is 10.1 Å². The van der Waals surface area contributed by atoms with E-state index in [1.54, 1.807) is 0 Å². The molecule has 1 fully saturated rings. The van der Waals surface area contributed by atoms with Crippen LogP contribution in [0.5, 0.6) is 0 Å². The van der Waals surface area contributed by atoms with Crippen molar-refractivity contribution in [3.05, 3.63) is 12.2 Å². The van der Waals surface area contributed by atoms with Gasteiger partial charge in [-0.25, -0.2) is 0 Å². The van der Waals surface area contributed by atoms with Gasteiger partial charge in [0.1, 0.15) is 0 Å². The fourth-order valence-electron chi connectivity index (χ4n) is 2.41. The number of morpholine rings is 1. The van der Waals surface area contributed by atoms with Crippen molar-refractivity contribution < 1.29 is 4.74 Å². The second kappa shape index (κ2) is 7.05. The van der Waals surface area contributed by atoms with Gasteiger partial charge >= 0.3 is 0 Å². The minimum Gasteiger partial charge on any atom is -0.379 e. The van der Waals surface area contributed by atoms with Crippen LogP contribution in [-0.4, -0.2) is 50.8 Å². The molecule has 1 N–H and O–H groups in total. The van der Waals surface area contributed by atoms with E-state index in [-0.39, 0.29) is 0 Å². The Morgan fingerprint density at radius 2 is 2.12 bits per heavy atom. The first-order valence-corrected chi connectivity index (χ1v) is 6.61. The van der Waals surface area contributed by atoms with Crippen molar-refractivity contribution in [2.75, 3.05) is 45.9 Å². The summed E-state index contributed by atoms with van der Waals surface area (Å²) >= 11 is 0. The van der Waals surface area contributed by atoms with Gasteiger partial charge in [-0.3, -0.25) is 4.90 Å². The summed E-state index contributed by atoms with van der Waals surface area (Å²) in [6, 6.07) is 0. The maximum atomic E-state index is 5.33. The molecule has 92 valence electrons. The lowest BCUT2D eigenvalue weighted by molar-refractivity contribution is 0.0383. The number of allylic oxidation sites excluding steroid dienone is 2. The van der Waals surface area contributed by atoms with Crippen molar-refractivity contribution >= 4 is 0 Å². The molecule has 0 unspecified atom stereocenters. The molecule has 2 aliphatic rings. The second-order valence-electron chi connectivity index (χ2n) is 4.81. The third kappa shape index (κ3) is 4.24. The van der Waals surface area contributed by atoms with E-state index in [0.29, 0.717) is 0 Å². The summed E-state index contributed by atoms with van der Waals surface area (Å²) in [5.74, 6) is 0.870. The highest BCUT2D eigenvalue weighted by Crippen LogP contribution is 2.16. The minimum absolute atomic E-state index is 0.870. The summed E-state index contributed by atoms with van der Waals surface area (Å²) in [5, 5.41) is 3.59. The van der Waals surface area contributed by atoms with Gasteiger partial charge in [0.05, 0.1) is 13.2 Å². The molecule has 0 radical (unpaired) electrons. The number of ether oxygens (including phenoxy) is 1. The van der Waals surface area contributed by atoms with E-state index in [0.717, 1.165) is 38.8 Å². The van der Waals surface area contributed by atoms with Gasteiger partial charge in [0.25, 0.3) is 0 Å². The summed E-state index contributed by atoms with van der Waals surface area (Å²) in [6.07, 6.45) is 8.55. The van der Waals surface area contributed by atoms with E-state index in [1.165, 1.54) is 32.4 Å². The highest BCUT2D eigenvalue weighted by Gasteiger charge is 2.11. The van der Waals surface area contributed by atoms with Crippen molar-refractivity contribution in [2.45, 2.75) is 19.3 Å². The van der Waals surface area contributed by atoms with Crippen molar-refractivity contribution in [1.29, 1.82) is 0 Å². The lowest BCUT2D eigenvalue weighted by atomic mass is 9.94. The normalized spacial score (nSPS) is 27.1. The molecule has 1 aliphatic heterocycles. The smallest absolute Gasteiger partial charge is 0.0594 e. The number of nitrogens with one attached hydrogen (secondary N) is 1. The summed E-state index contributed by atoms with van der Waals surface area (Å²) < 4.78 is 5.33. The number of rotatable bonds is 5. The Hall–Kier alpha value is -0.380. The molecule has 1 atom stereocenters. The van der Waals surface area contributed by atoms with Gasteiger partial charge in [0, 0.05) is 26.2 Å². The van der Waals surface area contributed by atoms with Crippen LogP contribution in [0, 0.1) is 5.92 Å². The third-order valence-corrected chi connectivity index (χ3v) is 3.52. The molecule has 0 aromatic rings. The van der Waals surface area contributed by atoms with Crippen LogP contribution >= 0.6 is 0 Å². The third-order valence-electron chi connectivity index (χ3n) is 3.52. The van der Waals surface area contributed by atoms with Crippen LogP contribution in [0.25, 0.3) is 0 Å². The Labute approximate surface area is 98.8 Å². The van der Waals surface area contributed by atoms with E-state index in [2.05, 4.69) is 22.4 Å². The lowest BCUT2D eigenvalue weighted by Crippen LogP contribution is -2.41. The lowest BCUT2D eigenvalue weighted by Gasteiger charge is -2.27. The van der Waals surface area contributed by atoms with E-state index >= 15 is 0 Å². The molecule has 2 rings (SSSR count). The molecular weight excluding hydrogens is 200 g/mol. The SMILES string of the molecule is C1=CC[C@@H](CNCCN2CCOCC2)CC1. The fourth-order valence-corrected chi connectivity index (χ4v) is 2.41. The molecule has 0 saturated carbocycles. The summed E-state index contributed by atoms with van der Waals surface area (Å²) in [6.45, 7) is 7.52. The van der Waals surface area contributed by atoms with Crippen LogP contribution in [0.3, 0.4) is 0 Å². The van der Waals surface area contributed by atoms with Crippen LogP contribution in [0.2, 0.25) is 0 Å². The second-order valence-corrected chi connectivity index (χ2v) is 4.81. The van der Waals surface area contributed by atoms with Crippen molar-refractivity contribution in [1.82, 2.24) is 10.2 Å². The zero-order valence-electron chi connectivity index (χ0n) is 10.2. The van der Waals surface area contributed by atoms with Crippen LogP contribution in [0.15, 0.2) is 12.2 Å². The molecule has 3 heteroatoms. The van der Waals surface area contributed by atoms with Crippen LogP contribution in [0.1, 0.15) is 19.3 Å². The highest BCUT2D eigenvalue weighted by molar-refractivity contribution is 4.90. The van der Waals surface area contributed by atoms with Gasteiger partial charge in [-0.15, -0.1) is 0 Å². The molecule has 0 aromatic carbocycles. The molecule has 0 amide bonds. The molecule has 3 nitrogen and oxygen atoms in total. The molecule has 1 saturated heterocycles. The summed E-state index contributed by atoms with van der Waals surface area (Å²) in [5.41, 5.74) is 0. The molecule has 1 heterocycles. The van der Waals surface area contributed by atoms with Gasteiger partial charge in [0.2, 0.25) is 0 Å². The van der Waals surface area contributed by atoms with Crippen molar-refractivity contribution in [2.24, 2.45) is 5.92 Å². The molecule has 0 bridgehead atoms. The van der Waals surface area contributed by atoms with Gasteiger partial charge in [-0.2, -0.15) is 0 Å². The van der Waals surface area contributed by atoms with Crippen LogP contribution in [-0.2, 0) is 4.74 Å². The molecule has 0 spiro atoms. The zero-order valence-corrected chi connectivity index (χ0v) is 10.2. The highest BCUT2D eigenvalue weighted by atomic mass is 16.5. The Morgan fingerprint density at radius 1 is 1.25 bits per heavy atom. The number of nitrogens with zero attached hydrogens (tertiary/aromatic N) is 1. The van der Waals surface area contributed by atoms with E-state index in [4.69, 9.17) is 4.74 Å². The average molecular weight is 224 g/mol. The predicted octanol–water partition coefficient (Wildman–Crippen LogP) is 1.26. The first kappa shape index (κ1) is 12.1. The minimum atomic E-state index is 0.870. The number of hydrogen-bond acceptors (Lipinski definition) is 3. The number of hydrogen-bond donors (Lipinski definition) is 1. The molecule has 1 aliphatic carbocycles. The summed E-state index contributed by atoms with van der Waals surface area (Å²) in [7, 11) is 0. The van der Waals surface area contributed by atoms with E-state index in [9.17, 15) is 0 Å². The largest absolute Gasteiger partial charge is 0.379 e. The van der Waals surface area contributed by atoms with Gasteiger partial charge in [-0.05, 0) is 31.7 Å². The molecule has 16 heavy (non-hydrogen) atoms. The predicted molar refractivity (Wildman–Crippen MR) is 66.6 cm³/mol. The van der Waals surface area contributed by atoms with Gasteiger partial charge in [-0.1, -0.05) is 12.2 Å². The first-order valence-electron chi connectivity index (χ1n) is 6.61. The molecule has 0 aromatic heterocycles. The topological polar surface area (TPSA) is 24.5 Å². The monoisotopic (exact) mass is 224 g/mol. The average Bonchev–Trinajstić information content (AvgIpc) is 2.37. The van der Waals surface area contributed by atoms with Crippen molar-refractivity contribution in [3.63, 3.8) is 0 Å². The summed E-state index contributed by atoms with van der Waals surface area (Å²) in [4.78, 5) is 2.48. The van der Waals surface area contributed by atoms with E-state index < -0.39 is 0 Å². The fraction of sp³-hybridized carbons (Fsp3) is 0.846. The standard InChI is InChI=1S/C13H24N2O/c1-2-4-13(5-3-1)12-14-6-7-15-8-10-16-11-9-15/h1-2,13-14H,3-12H2/t13-/m1/s1. The quantitative estimate of drug-likeness (QED) is 0.562. The Kier molecular flexibility index (Phi) is 5.32. The maximum absolute atomic E-state index is 5.33. The van der Waals surface area contributed by atoms with Crippen molar-refractivity contribution in [3.8, 4) is 0 Å². The first-order chi connectivity index (χ1) is 7.95. The van der Waals surface area contributed by atoms with E-state index in [1.807, 2.05) is 0 Å². The van der Waals surface area contributed by atoms with Crippen LogP contribution in [0.4, 0.5) is 0 Å². The Morgan fingerprint density at radius 3 is 2.88 bits per heavy atom. The zero-order chi connectivity index (χ0) is 11.1. The Bertz CT molecular complexity index is 212. The maximum Gasteiger partial charge on any atom is 0.0594 e. The van der Waals surface area contributed by atoms with Crippen LogP contribution < -0.4 is 5.32 Å². The van der Waals surface area contributed by atoms with Gasteiger partial charge in [0.15, 0.2) is 0 Å². The molecular formula is C13H24N2O. The Balaban J connectivity index is 1.49.